The number of ketones is 1. The average molecular weight is 296 g/mol. The molecule has 4 heteroatoms. The van der Waals surface area contributed by atoms with Gasteiger partial charge in [0.1, 0.15) is 6.29 Å². The molecule has 0 aliphatic carbocycles. The molecule has 0 saturated carbocycles. The Morgan fingerprint density at radius 3 is 2.27 bits per heavy atom. The normalized spacial score (nSPS) is 13.4. The van der Waals surface area contributed by atoms with E-state index in [0.29, 0.717) is 24.7 Å². The van der Waals surface area contributed by atoms with Crippen LogP contribution >= 0.6 is 0 Å². The first-order chi connectivity index (χ1) is 10.6. The largest absolute Gasteiger partial charge is 0.321 e. The van der Waals surface area contributed by atoms with Crippen molar-refractivity contribution < 1.29 is 9.59 Å². The quantitative estimate of drug-likeness (QED) is 0.599. The molecule has 2 atom stereocenters. The van der Waals surface area contributed by atoms with Crippen molar-refractivity contribution in [1.29, 1.82) is 0 Å². The summed E-state index contributed by atoms with van der Waals surface area (Å²) in [4.78, 5) is 23.3. The van der Waals surface area contributed by atoms with Gasteiger partial charge in [0.25, 0.3) is 0 Å². The molecule has 0 bridgehead atoms. The molecule has 4 nitrogen and oxygen atoms in total. The van der Waals surface area contributed by atoms with Gasteiger partial charge in [-0.1, -0.05) is 54.6 Å². The van der Waals surface area contributed by atoms with Crippen LogP contribution < -0.4 is 11.5 Å². The van der Waals surface area contributed by atoms with Crippen LogP contribution in [0, 0.1) is 0 Å². The summed E-state index contributed by atoms with van der Waals surface area (Å²) in [6.45, 7) is 0. The minimum absolute atomic E-state index is 0.127. The van der Waals surface area contributed by atoms with Crippen LogP contribution in [0.5, 0.6) is 0 Å². The molecular weight excluding hydrogens is 276 g/mol. The molecule has 0 heterocycles. The zero-order valence-corrected chi connectivity index (χ0v) is 12.3. The summed E-state index contributed by atoms with van der Waals surface area (Å²) < 4.78 is 0. The minimum Gasteiger partial charge on any atom is -0.321 e. The first kappa shape index (κ1) is 16.1. The topological polar surface area (TPSA) is 86.2 Å². The highest BCUT2D eigenvalue weighted by Gasteiger charge is 2.19. The average Bonchev–Trinajstić information content (AvgIpc) is 2.55. The molecule has 114 valence electrons. The van der Waals surface area contributed by atoms with E-state index in [0.717, 1.165) is 11.1 Å². The summed E-state index contributed by atoms with van der Waals surface area (Å²) in [5.74, 6) is -0.127. The zero-order valence-electron chi connectivity index (χ0n) is 12.3. The van der Waals surface area contributed by atoms with Crippen LogP contribution in [-0.2, 0) is 17.6 Å². The van der Waals surface area contributed by atoms with Crippen molar-refractivity contribution in [3.63, 3.8) is 0 Å². The second kappa shape index (κ2) is 7.64. The standard InChI is InChI=1S/C18H20N2O2/c19-15(12-21)11-14-8-4-5-9-16(14)18(22)17(20)10-13-6-2-1-3-7-13/h1-9,12,15,17H,10-11,19-20H2/t15-,17-/m0/s1. The van der Waals surface area contributed by atoms with E-state index < -0.39 is 12.1 Å². The Labute approximate surface area is 130 Å². The van der Waals surface area contributed by atoms with E-state index in [9.17, 15) is 9.59 Å². The van der Waals surface area contributed by atoms with Crippen LogP contribution in [0.2, 0.25) is 0 Å². The van der Waals surface area contributed by atoms with Crippen LogP contribution in [0.4, 0.5) is 0 Å². The zero-order chi connectivity index (χ0) is 15.9. The summed E-state index contributed by atoms with van der Waals surface area (Å²) in [5, 5.41) is 0. The van der Waals surface area contributed by atoms with Crippen molar-refractivity contribution in [2.24, 2.45) is 11.5 Å². The van der Waals surface area contributed by atoms with E-state index in [1.54, 1.807) is 12.1 Å². The van der Waals surface area contributed by atoms with E-state index in [1.807, 2.05) is 42.5 Å². The van der Waals surface area contributed by atoms with Gasteiger partial charge in [-0.15, -0.1) is 0 Å². The Bertz CT molecular complexity index is 641. The molecular formula is C18H20N2O2. The molecule has 0 amide bonds. The Kier molecular flexibility index (Phi) is 5.58. The summed E-state index contributed by atoms with van der Waals surface area (Å²) in [6, 6.07) is 15.6. The van der Waals surface area contributed by atoms with E-state index in [1.165, 1.54) is 0 Å². The Morgan fingerprint density at radius 2 is 1.59 bits per heavy atom. The molecule has 0 saturated heterocycles. The number of nitrogens with two attached hydrogens (primary N) is 2. The molecule has 2 aromatic rings. The number of Topliss-reactive ketones (excluding diaryl/α,β-unsaturated/α-hetero) is 1. The minimum atomic E-state index is -0.615. The monoisotopic (exact) mass is 296 g/mol. The summed E-state index contributed by atoms with van der Waals surface area (Å²) in [6.07, 6.45) is 1.50. The van der Waals surface area contributed by atoms with Crippen molar-refractivity contribution in [2.45, 2.75) is 24.9 Å². The molecule has 0 aliphatic heterocycles. The number of rotatable bonds is 7. The fourth-order valence-electron chi connectivity index (χ4n) is 2.40. The van der Waals surface area contributed by atoms with Gasteiger partial charge >= 0.3 is 0 Å². The molecule has 0 spiro atoms. The maximum absolute atomic E-state index is 12.6. The van der Waals surface area contributed by atoms with Gasteiger partial charge in [0.05, 0.1) is 12.1 Å². The Morgan fingerprint density at radius 1 is 0.955 bits per heavy atom. The first-order valence-corrected chi connectivity index (χ1v) is 7.24. The highest BCUT2D eigenvalue weighted by Crippen LogP contribution is 2.14. The van der Waals surface area contributed by atoms with Gasteiger partial charge in [0.2, 0.25) is 0 Å². The molecule has 2 rings (SSSR count). The van der Waals surface area contributed by atoms with Gasteiger partial charge in [-0.3, -0.25) is 4.79 Å². The van der Waals surface area contributed by atoms with Gasteiger partial charge in [0.15, 0.2) is 5.78 Å². The third-order valence-corrected chi connectivity index (χ3v) is 3.55. The lowest BCUT2D eigenvalue weighted by molar-refractivity contribution is -0.108. The predicted molar refractivity (Wildman–Crippen MR) is 86.6 cm³/mol. The van der Waals surface area contributed by atoms with Crippen molar-refractivity contribution in [3.05, 3.63) is 71.3 Å². The van der Waals surface area contributed by atoms with E-state index in [2.05, 4.69) is 0 Å². The van der Waals surface area contributed by atoms with E-state index in [4.69, 9.17) is 11.5 Å². The predicted octanol–water partition coefficient (Wildman–Crippen LogP) is 1.51. The van der Waals surface area contributed by atoms with Crippen LogP contribution in [0.3, 0.4) is 0 Å². The molecule has 0 radical (unpaired) electrons. The van der Waals surface area contributed by atoms with Crippen LogP contribution in [0.15, 0.2) is 54.6 Å². The van der Waals surface area contributed by atoms with Crippen LogP contribution in [-0.4, -0.2) is 24.2 Å². The number of carbonyl (C=O) groups excluding carboxylic acids is 2. The van der Waals surface area contributed by atoms with Gasteiger partial charge in [-0.25, -0.2) is 0 Å². The maximum Gasteiger partial charge on any atom is 0.180 e. The van der Waals surface area contributed by atoms with Crippen molar-refractivity contribution in [2.75, 3.05) is 0 Å². The number of hydrogen-bond donors (Lipinski definition) is 2. The molecule has 2 aromatic carbocycles. The molecule has 0 aromatic heterocycles. The first-order valence-electron chi connectivity index (χ1n) is 7.24. The summed E-state index contributed by atoms with van der Waals surface area (Å²) >= 11 is 0. The Balaban J connectivity index is 2.16. The molecule has 22 heavy (non-hydrogen) atoms. The third-order valence-electron chi connectivity index (χ3n) is 3.55. The number of hydrogen-bond acceptors (Lipinski definition) is 4. The smallest absolute Gasteiger partial charge is 0.180 e. The van der Waals surface area contributed by atoms with Crippen molar-refractivity contribution in [1.82, 2.24) is 0 Å². The van der Waals surface area contributed by atoms with Gasteiger partial charge < -0.3 is 16.3 Å². The lowest BCUT2D eigenvalue weighted by Gasteiger charge is -2.15. The lowest BCUT2D eigenvalue weighted by atomic mass is 9.93. The third kappa shape index (κ3) is 4.10. The maximum atomic E-state index is 12.6. The van der Waals surface area contributed by atoms with Gasteiger partial charge in [-0.05, 0) is 24.0 Å². The lowest BCUT2D eigenvalue weighted by Crippen LogP contribution is -2.34. The van der Waals surface area contributed by atoms with Gasteiger partial charge in [0, 0.05) is 5.56 Å². The van der Waals surface area contributed by atoms with Crippen molar-refractivity contribution in [3.8, 4) is 0 Å². The number of aldehydes is 1. The summed E-state index contributed by atoms with van der Waals surface area (Å²) in [5.41, 5.74) is 14.0. The number of benzene rings is 2. The van der Waals surface area contributed by atoms with E-state index in [-0.39, 0.29) is 5.78 Å². The Hall–Kier alpha value is -2.30. The van der Waals surface area contributed by atoms with Gasteiger partial charge in [-0.2, -0.15) is 0 Å². The fraction of sp³-hybridized carbons (Fsp3) is 0.222. The molecule has 0 fully saturated rings. The second-order valence-electron chi connectivity index (χ2n) is 5.32. The molecule has 0 unspecified atom stereocenters. The van der Waals surface area contributed by atoms with Crippen LogP contribution in [0.25, 0.3) is 0 Å². The second-order valence-corrected chi connectivity index (χ2v) is 5.32. The number of carbonyl (C=O) groups is 2. The van der Waals surface area contributed by atoms with E-state index >= 15 is 0 Å². The highest BCUT2D eigenvalue weighted by atomic mass is 16.1. The SMILES string of the molecule is N[C@H](C=O)Cc1ccccc1C(=O)[C@@H](N)Cc1ccccc1. The van der Waals surface area contributed by atoms with Crippen molar-refractivity contribution >= 4 is 12.1 Å². The highest BCUT2D eigenvalue weighted by molar-refractivity contribution is 6.01. The molecule has 4 N–H and O–H groups in total. The molecule has 0 aliphatic rings. The fourth-order valence-corrected chi connectivity index (χ4v) is 2.40. The van der Waals surface area contributed by atoms with Crippen LogP contribution in [0.1, 0.15) is 21.5 Å². The summed E-state index contributed by atoms with van der Waals surface area (Å²) in [7, 11) is 0.